The van der Waals surface area contributed by atoms with E-state index < -0.39 is 0 Å². The molecular formula is C18H15NO. The van der Waals surface area contributed by atoms with Crippen molar-refractivity contribution in [2.45, 2.75) is 13.3 Å². The van der Waals surface area contributed by atoms with Gasteiger partial charge in [-0.3, -0.25) is 4.79 Å². The van der Waals surface area contributed by atoms with Crippen molar-refractivity contribution in [1.29, 1.82) is 0 Å². The Bertz CT molecular complexity index is 763. The Morgan fingerprint density at radius 1 is 1.05 bits per heavy atom. The largest absolute Gasteiger partial charge is 0.298 e. The average Bonchev–Trinajstić information content (AvgIpc) is 2.53. The Morgan fingerprint density at radius 2 is 1.85 bits per heavy atom. The van der Waals surface area contributed by atoms with Gasteiger partial charge in [-0.25, -0.2) is 4.98 Å². The maximum absolute atomic E-state index is 11.4. The van der Waals surface area contributed by atoms with Crippen molar-refractivity contribution >= 4 is 17.2 Å². The number of hydrogen-bond acceptors (Lipinski definition) is 2. The van der Waals surface area contributed by atoms with Crippen LogP contribution < -0.4 is 0 Å². The quantitative estimate of drug-likeness (QED) is 0.659. The molecular weight excluding hydrogens is 246 g/mol. The first-order valence-corrected chi connectivity index (χ1v) is 6.76. The number of rotatable bonds is 3. The molecule has 2 aromatic carbocycles. The Hall–Kier alpha value is -2.48. The van der Waals surface area contributed by atoms with Crippen molar-refractivity contribution in [2.24, 2.45) is 0 Å². The maximum atomic E-state index is 11.4. The highest BCUT2D eigenvalue weighted by atomic mass is 16.1. The number of fused-ring (bicyclic) bond motifs is 1. The summed E-state index contributed by atoms with van der Waals surface area (Å²) in [4.78, 5) is 16.1. The molecule has 0 saturated carbocycles. The predicted octanol–water partition coefficient (Wildman–Crippen LogP) is 4.28. The summed E-state index contributed by atoms with van der Waals surface area (Å²) in [5, 5.41) is 1.02. The van der Waals surface area contributed by atoms with Gasteiger partial charge in [-0.05, 0) is 18.1 Å². The number of benzene rings is 2. The first-order chi connectivity index (χ1) is 9.83. The standard InChI is InChI=1S/C18H15NO/c1-2-13-9-6-10-15-11-16(12-20)18(19-17(13)15)14-7-4-3-5-8-14/h3-12H,2H2,1H3. The maximum Gasteiger partial charge on any atom is 0.152 e. The molecule has 2 nitrogen and oxygen atoms in total. The highest BCUT2D eigenvalue weighted by Crippen LogP contribution is 2.26. The molecule has 0 amide bonds. The fraction of sp³-hybridized carbons (Fsp3) is 0.111. The molecule has 0 N–H and O–H groups in total. The molecule has 0 fully saturated rings. The monoisotopic (exact) mass is 261 g/mol. The zero-order valence-electron chi connectivity index (χ0n) is 11.3. The van der Waals surface area contributed by atoms with E-state index in [9.17, 15) is 4.79 Å². The molecule has 2 heteroatoms. The van der Waals surface area contributed by atoms with Crippen molar-refractivity contribution in [3.05, 3.63) is 65.7 Å². The molecule has 0 atom stereocenters. The first kappa shape index (κ1) is 12.5. The number of aldehydes is 1. The topological polar surface area (TPSA) is 30.0 Å². The number of para-hydroxylation sites is 1. The lowest BCUT2D eigenvalue weighted by Gasteiger charge is -2.09. The molecule has 98 valence electrons. The van der Waals surface area contributed by atoms with Crippen LogP contribution in [0.1, 0.15) is 22.8 Å². The second-order valence-electron chi connectivity index (χ2n) is 4.75. The summed E-state index contributed by atoms with van der Waals surface area (Å²) < 4.78 is 0. The van der Waals surface area contributed by atoms with E-state index in [0.29, 0.717) is 5.56 Å². The number of nitrogens with zero attached hydrogens (tertiary/aromatic N) is 1. The van der Waals surface area contributed by atoms with Crippen LogP contribution in [0, 0.1) is 0 Å². The summed E-state index contributed by atoms with van der Waals surface area (Å²) >= 11 is 0. The lowest BCUT2D eigenvalue weighted by Crippen LogP contribution is -1.95. The van der Waals surface area contributed by atoms with Crippen molar-refractivity contribution in [1.82, 2.24) is 4.98 Å². The summed E-state index contributed by atoms with van der Waals surface area (Å²) in [6.45, 7) is 2.12. The fourth-order valence-electron chi connectivity index (χ4n) is 2.48. The second-order valence-corrected chi connectivity index (χ2v) is 4.75. The lowest BCUT2D eigenvalue weighted by atomic mass is 10.0. The molecule has 0 aliphatic rings. The third-order valence-electron chi connectivity index (χ3n) is 3.51. The summed E-state index contributed by atoms with van der Waals surface area (Å²) in [5.41, 5.74) is 4.56. The third kappa shape index (κ3) is 2.10. The molecule has 1 heterocycles. The molecule has 0 spiro atoms. The zero-order chi connectivity index (χ0) is 13.9. The van der Waals surface area contributed by atoms with Gasteiger partial charge in [-0.15, -0.1) is 0 Å². The van der Waals surface area contributed by atoms with Crippen LogP contribution >= 0.6 is 0 Å². The van der Waals surface area contributed by atoms with E-state index >= 15 is 0 Å². The van der Waals surface area contributed by atoms with E-state index in [4.69, 9.17) is 4.98 Å². The van der Waals surface area contributed by atoms with Crippen molar-refractivity contribution in [2.75, 3.05) is 0 Å². The molecule has 0 saturated heterocycles. The summed E-state index contributed by atoms with van der Waals surface area (Å²) in [6.07, 6.45) is 1.81. The molecule has 20 heavy (non-hydrogen) atoms. The second kappa shape index (κ2) is 5.25. The van der Waals surface area contributed by atoms with Crippen LogP contribution in [0.2, 0.25) is 0 Å². The van der Waals surface area contributed by atoms with E-state index in [1.54, 1.807) is 0 Å². The van der Waals surface area contributed by atoms with Gasteiger partial charge in [0.25, 0.3) is 0 Å². The van der Waals surface area contributed by atoms with Gasteiger partial charge in [-0.1, -0.05) is 55.5 Å². The van der Waals surface area contributed by atoms with Gasteiger partial charge in [0.1, 0.15) is 0 Å². The normalized spacial score (nSPS) is 10.7. The van der Waals surface area contributed by atoms with Gasteiger partial charge in [-0.2, -0.15) is 0 Å². The summed E-state index contributed by atoms with van der Waals surface area (Å²) in [7, 11) is 0. The van der Waals surface area contributed by atoms with Crippen LogP contribution in [0.3, 0.4) is 0 Å². The van der Waals surface area contributed by atoms with Crippen molar-refractivity contribution < 1.29 is 4.79 Å². The first-order valence-electron chi connectivity index (χ1n) is 6.76. The van der Waals surface area contributed by atoms with Crippen molar-refractivity contribution in [3.8, 4) is 11.3 Å². The minimum Gasteiger partial charge on any atom is -0.298 e. The fourth-order valence-corrected chi connectivity index (χ4v) is 2.48. The van der Waals surface area contributed by atoms with Crippen LogP contribution in [-0.2, 0) is 6.42 Å². The van der Waals surface area contributed by atoms with Gasteiger partial charge in [0, 0.05) is 16.5 Å². The van der Waals surface area contributed by atoms with Crippen molar-refractivity contribution in [3.63, 3.8) is 0 Å². The van der Waals surface area contributed by atoms with E-state index in [1.165, 1.54) is 5.56 Å². The molecule has 0 aliphatic heterocycles. The molecule has 3 rings (SSSR count). The van der Waals surface area contributed by atoms with E-state index in [2.05, 4.69) is 13.0 Å². The predicted molar refractivity (Wildman–Crippen MR) is 81.9 cm³/mol. The summed E-state index contributed by atoms with van der Waals surface area (Å²) in [6, 6.07) is 17.9. The molecule has 3 aromatic rings. The number of carbonyl (C=O) groups is 1. The molecule has 0 bridgehead atoms. The van der Waals surface area contributed by atoms with Gasteiger partial charge in [0.2, 0.25) is 0 Å². The minimum absolute atomic E-state index is 0.636. The lowest BCUT2D eigenvalue weighted by molar-refractivity contribution is 0.112. The summed E-state index contributed by atoms with van der Waals surface area (Å²) in [5.74, 6) is 0. The highest BCUT2D eigenvalue weighted by Gasteiger charge is 2.10. The Balaban J connectivity index is 2.33. The Morgan fingerprint density at radius 3 is 2.55 bits per heavy atom. The van der Waals surface area contributed by atoms with E-state index in [1.807, 2.05) is 48.5 Å². The molecule has 0 aliphatic carbocycles. The van der Waals surface area contributed by atoms with Gasteiger partial charge >= 0.3 is 0 Å². The number of aryl methyl sites for hydroxylation is 1. The van der Waals surface area contributed by atoms with E-state index in [0.717, 1.165) is 34.9 Å². The number of aromatic nitrogens is 1. The van der Waals surface area contributed by atoms with Gasteiger partial charge in [0.15, 0.2) is 6.29 Å². The van der Waals surface area contributed by atoms with Crippen LogP contribution in [0.4, 0.5) is 0 Å². The number of pyridine rings is 1. The number of carbonyl (C=O) groups excluding carboxylic acids is 1. The van der Waals surface area contributed by atoms with Crippen LogP contribution in [0.25, 0.3) is 22.2 Å². The smallest absolute Gasteiger partial charge is 0.152 e. The van der Waals surface area contributed by atoms with Crippen LogP contribution in [0.15, 0.2) is 54.6 Å². The highest BCUT2D eigenvalue weighted by molar-refractivity contribution is 5.94. The number of hydrogen-bond donors (Lipinski definition) is 0. The van der Waals surface area contributed by atoms with E-state index in [-0.39, 0.29) is 0 Å². The minimum atomic E-state index is 0.636. The molecule has 0 unspecified atom stereocenters. The Labute approximate surface area is 118 Å². The van der Waals surface area contributed by atoms with Gasteiger partial charge in [0.05, 0.1) is 11.2 Å². The average molecular weight is 261 g/mol. The molecule has 1 aromatic heterocycles. The van der Waals surface area contributed by atoms with Crippen LogP contribution in [0.5, 0.6) is 0 Å². The van der Waals surface area contributed by atoms with Gasteiger partial charge < -0.3 is 0 Å². The zero-order valence-corrected chi connectivity index (χ0v) is 11.3. The SMILES string of the molecule is CCc1cccc2cc(C=O)c(-c3ccccc3)nc12. The Kier molecular flexibility index (Phi) is 3.30. The molecule has 0 radical (unpaired) electrons. The van der Waals surface area contributed by atoms with Crippen LogP contribution in [-0.4, -0.2) is 11.3 Å². The third-order valence-corrected chi connectivity index (χ3v) is 3.51.